The second-order valence-corrected chi connectivity index (χ2v) is 4.94. The minimum atomic E-state index is -0.302. The first kappa shape index (κ1) is 12.6. The van der Waals surface area contributed by atoms with E-state index in [0.717, 1.165) is 0 Å². The van der Waals surface area contributed by atoms with E-state index >= 15 is 0 Å². The Kier molecular flexibility index (Phi) is 3.64. The summed E-state index contributed by atoms with van der Waals surface area (Å²) in [6.45, 7) is 8.22. The molecule has 1 unspecified atom stereocenters. The van der Waals surface area contributed by atoms with Gasteiger partial charge in [0.25, 0.3) is 5.91 Å². The molecular formula is C10H19N5O. The minimum absolute atomic E-state index is 0.0787. The molecule has 6 nitrogen and oxygen atoms in total. The summed E-state index contributed by atoms with van der Waals surface area (Å²) in [5, 5.41) is 9.29. The minimum Gasteiger partial charge on any atom is -0.348 e. The first-order valence-electron chi connectivity index (χ1n) is 5.27. The monoisotopic (exact) mass is 225 g/mol. The van der Waals surface area contributed by atoms with Crippen LogP contribution in [0.1, 0.15) is 44.1 Å². The van der Waals surface area contributed by atoms with Gasteiger partial charge in [0.1, 0.15) is 5.82 Å². The van der Waals surface area contributed by atoms with Crippen LogP contribution in [-0.2, 0) is 5.41 Å². The van der Waals surface area contributed by atoms with Crippen LogP contribution in [0.5, 0.6) is 0 Å². The van der Waals surface area contributed by atoms with Crippen LogP contribution in [0.15, 0.2) is 0 Å². The largest absolute Gasteiger partial charge is 0.348 e. The molecule has 0 aliphatic heterocycles. The highest BCUT2D eigenvalue weighted by Crippen LogP contribution is 2.17. The molecular weight excluding hydrogens is 206 g/mol. The molecule has 1 atom stereocenters. The SMILES string of the molecule is CC(N)CNC(=O)c1n[nH]c(C(C)(C)C)n1. The van der Waals surface area contributed by atoms with Crippen LogP contribution in [0.25, 0.3) is 0 Å². The normalized spacial score (nSPS) is 13.6. The Morgan fingerprint density at radius 3 is 2.62 bits per heavy atom. The van der Waals surface area contributed by atoms with Gasteiger partial charge in [0.15, 0.2) is 0 Å². The smallest absolute Gasteiger partial charge is 0.291 e. The van der Waals surface area contributed by atoms with E-state index in [1.54, 1.807) is 0 Å². The van der Waals surface area contributed by atoms with Gasteiger partial charge in [0.05, 0.1) is 0 Å². The van der Waals surface area contributed by atoms with Crippen LogP contribution in [0.4, 0.5) is 0 Å². The van der Waals surface area contributed by atoms with Crippen molar-refractivity contribution in [2.24, 2.45) is 5.73 Å². The summed E-state index contributed by atoms with van der Waals surface area (Å²) in [7, 11) is 0. The van der Waals surface area contributed by atoms with Crippen molar-refractivity contribution in [2.45, 2.75) is 39.2 Å². The zero-order chi connectivity index (χ0) is 12.3. The van der Waals surface area contributed by atoms with Gasteiger partial charge >= 0.3 is 0 Å². The molecule has 0 spiro atoms. The number of carbonyl (C=O) groups is 1. The van der Waals surface area contributed by atoms with Gasteiger partial charge in [-0.05, 0) is 6.92 Å². The Bertz CT molecular complexity index is 364. The second-order valence-electron chi connectivity index (χ2n) is 4.94. The molecule has 1 aromatic heterocycles. The van der Waals surface area contributed by atoms with Gasteiger partial charge in [0, 0.05) is 18.0 Å². The number of hydrogen-bond acceptors (Lipinski definition) is 4. The Labute approximate surface area is 95.0 Å². The van der Waals surface area contributed by atoms with Gasteiger partial charge in [-0.25, -0.2) is 4.98 Å². The molecule has 4 N–H and O–H groups in total. The third-order valence-corrected chi connectivity index (χ3v) is 1.98. The lowest BCUT2D eigenvalue weighted by Gasteiger charge is -2.12. The molecule has 0 saturated heterocycles. The molecule has 1 heterocycles. The number of aromatic amines is 1. The lowest BCUT2D eigenvalue weighted by atomic mass is 9.96. The van der Waals surface area contributed by atoms with Crippen LogP contribution in [-0.4, -0.2) is 33.7 Å². The highest BCUT2D eigenvalue weighted by atomic mass is 16.2. The average molecular weight is 225 g/mol. The Morgan fingerprint density at radius 1 is 1.56 bits per heavy atom. The van der Waals surface area contributed by atoms with Gasteiger partial charge < -0.3 is 11.1 Å². The van der Waals surface area contributed by atoms with Crippen molar-refractivity contribution in [3.05, 3.63) is 11.6 Å². The molecule has 16 heavy (non-hydrogen) atoms. The van der Waals surface area contributed by atoms with Crippen molar-refractivity contribution >= 4 is 5.91 Å². The molecule has 1 rings (SSSR count). The summed E-state index contributed by atoms with van der Waals surface area (Å²) >= 11 is 0. The van der Waals surface area contributed by atoms with Crippen molar-refractivity contribution in [1.82, 2.24) is 20.5 Å². The zero-order valence-electron chi connectivity index (χ0n) is 10.2. The molecule has 1 amide bonds. The van der Waals surface area contributed by atoms with Crippen LogP contribution < -0.4 is 11.1 Å². The van der Waals surface area contributed by atoms with Crippen molar-refractivity contribution in [3.63, 3.8) is 0 Å². The fourth-order valence-corrected chi connectivity index (χ4v) is 1.03. The van der Waals surface area contributed by atoms with Gasteiger partial charge in [-0.1, -0.05) is 20.8 Å². The summed E-state index contributed by atoms with van der Waals surface area (Å²) < 4.78 is 0. The van der Waals surface area contributed by atoms with E-state index in [9.17, 15) is 4.79 Å². The third-order valence-electron chi connectivity index (χ3n) is 1.98. The summed E-state index contributed by atoms with van der Waals surface area (Å²) in [6, 6.07) is -0.0787. The van der Waals surface area contributed by atoms with Gasteiger partial charge in [-0.3, -0.25) is 9.89 Å². The maximum Gasteiger partial charge on any atom is 0.291 e. The molecule has 0 aliphatic carbocycles. The number of nitrogens with one attached hydrogen (secondary N) is 2. The van der Waals surface area contributed by atoms with Crippen molar-refractivity contribution in [1.29, 1.82) is 0 Å². The molecule has 6 heteroatoms. The van der Waals surface area contributed by atoms with E-state index in [1.165, 1.54) is 0 Å². The Hall–Kier alpha value is -1.43. The first-order chi connectivity index (χ1) is 7.30. The van der Waals surface area contributed by atoms with Gasteiger partial charge in [0.2, 0.25) is 5.82 Å². The van der Waals surface area contributed by atoms with E-state index in [1.807, 2.05) is 27.7 Å². The predicted molar refractivity (Wildman–Crippen MR) is 61.1 cm³/mol. The Morgan fingerprint density at radius 2 is 2.19 bits per heavy atom. The summed E-state index contributed by atoms with van der Waals surface area (Å²) in [6.07, 6.45) is 0. The van der Waals surface area contributed by atoms with E-state index in [2.05, 4.69) is 20.5 Å². The van der Waals surface area contributed by atoms with Crippen LogP contribution >= 0.6 is 0 Å². The summed E-state index contributed by atoms with van der Waals surface area (Å²) in [5.74, 6) is 0.549. The number of H-pyrrole nitrogens is 1. The molecule has 1 aromatic rings. The standard InChI is InChI=1S/C10H19N5O/c1-6(11)5-12-8(16)7-13-9(15-14-7)10(2,3)4/h6H,5,11H2,1-4H3,(H,12,16)(H,13,14,15). The average Bonchev–Trinajstić information content (AvgIpc) is 2.61. The molecule has 0 aromatic carbocycles. The maximum absolute atomic E-state index is 11.6. The van der Waals surface area contributed by atoms with Crippen molar-refractivity contribution in [3.8, 4) is 0 Å². The fraction of sp³-hybridized carbons (Fsp3) is 0.700. The number of hydrogen-bond donors (Lipinski definition) is 3. The van der Waals surface area contributed by atoms with Crippen LogP contribution in [0.2, 0.25) is 0 Å². The number of rotatable bonds is 3. The molecule has 0 radical (unpaired) electrons. The van der Waals surface area contributed by atoms with Crippen LogP contribution in [0, 0.1) is 0 Å². The van der Waals surface area contributed by atoms with Crippen molar-refractivity contribution in [2.75, 3.05) is 6.54 Å². The third kappa shape index (κ3) is 3.30. The quantitative estimate of drug-likeness (QED) is 0.683. The number of aromatic nitrogens is 3. The van der Waals surface area contributed by atoms with E-state index in [-0.39, 0.29) is 23.2 Å². The fourth-order valence-electron chi connectivity index (χ4n) is 1.03. The Balaban J connectivity index is 2.67. The van der Waals surface area contributed by atoms with Gasteiger partial charge in [-0.15, -0.1) is 5.10 Å². The lowest BCUT2D eigenvalue weighted by Crippen LogP contribution is -2.35. The first-order valence-corrected chi connectivity index (χ1v) is 5.27. The van der Waals surface area contributed by atoms with E-state index in [0.29, 0.717) is 12.4 Å². The van der Waals surface area contributed by atoms with Gasteiger partial charge in [-0.2, -0.15) is 0 Å². The number of carbonyl (C=O) groups excluding carboxylic acids is 1. The van der Waals surface area contributed by atoms with Crippen LogP contribution in [0.3, 0.4) is 0 Å². The maximum atomic E-state index is 11.6. The number of nitrogens with two attached hydrogens (primary N) is 1. The highest BCUT2D eigenvalue weighted by Gasteiger charge is 2.21. The predicted octanol–water partition coefficient (Wildman–Crippen LogP) is 0.179. The summed E-state index contributed by atoms with van der Waals surface area (Å²) in [5.41, 5.74) is 5.38. The van der Waals surface area contributed by atoms with Crippen molar-refractivity contribution < 1.29 is 4.79 Å². The lowest BCUT2D eigenvalue weighted by molar-refractivity contribution is 0.0941. The molecule has 0 bridgehead atoms. The molecule has 0 aliphatic rings. The highest BCUT2D eigenvalue weighted by molar-refractivity contribution is 5.90. The number of nitrogens with zero attached hydrogens (tertiary/aromatic N) is 2. The summed E-state index contributed by atoms with van der Waals surface area (Å²) in [4.78, 5) is 15.7. The van der Waals surface area contributed by atoms with E-state index in [4.69, 9.17) is 5.73 Å². The number of amides is 1. The molecule has 0 saturated carbocycles. The second kappa shape index (κ2) is 4.61. The molecule has 0 fully saturated rings. The molecule has 90 valence electrons. The topological polar surface area (TPSA) is 96.7 Å². The zero-order valence-corrected chi connectivity index (χ0v) is 10.2. The van der Waals surface area contributed by atoms with E-state index < -0.39 is 0 Å².